The first kappa shape index (κ1) is 25.0. The van der Waals surface area contributed by atoms with Crippen molar-refractivity contribution in [3.8, 4) is 23.3 Å². The number of halogens is 2. The summed E-state index contributed by atoms with van der Waals surface area (Å²) >= 11 is 12.1. The molecule has 3 aromatic rings. The van der Waals surface area contributed by atoms with Gasteiger partial charge in [-0.05, 0) is 67.1 Å². The first-order chi connectivity index (χ1) is 16.4. The van der Waals surface area contributed by atoms with Crippen LogP contribution in [0.3, 0.4) is 0 Å². The molecule has 0 spiro atoms. The minimum Gasteiger partial charge on any atom is -0.493 e. The van der Waals surface area contributed by atoms with Crippen LogP contribution in [-0.4, -0.2) is 19.6 Å². The Kier molecular flexibility index (Phi) is 8.80. The fourth-order valence-corrected chi connectivity index (χ4v) is 3.46. The number of carbonyl (C=O) groups is 1. The van der Waals surface area contributed by atoms with Gasteiger partial charge in [0.1, 0.15) is 24.0 Å². The molecule has 3 rings (SSSR count). The topological polar surface area (TPSA) is 80.6 Å². The van der Waals surface area contributed by atoms with Gasteiger partial charge in [0, 0.05) is 21.3 Å². The molecule has 3 aromatic carbocycles. The lowest BCUT2D eigenvalue weighted by molar-refractivity contribution is -0.112. The maximum absolute atomic E-state index is 12.6. The second kappa shape index (κ2) is 12.0. The zero-order chi connectivity index (χ0) is 24.5. The van der Waals surface area contributed by atoms with E-state index in [-0.39, 0.29) is 12.2 Å². The molecule has 0 heterocycles. The third-order valence-electron chi connectivity index (χ3n) is 4.69. The summed E-state index contributed by atoms with van der Waals surface area (Å²) in [6, 6.07) is 19.1. The number of carbonyl (C=O) groups excluding carboxylic acids is 1. The van der Waals surface area contributed by atoms with Crippen molar-refractivity contribution < 1.29 is 19.0 Å². The summed E-state index contributed by atoms with van der Waals surface area (Å²) in [6.07, 6.45) is 1.49. The fourth-order valence-electron chi connectivity index (χ4n) is 3.00. The van der Waals surface area contributed by atoms with Crippen LogP contribution in [0.2, 0.25) is 10.0 Å². The Balaban J connectivity index is 1.66. The number of hydrogen-bond acceptors (Lipinski definition) is 5. The molecule has 0 aliphatic carbocycles. The van der Waals surface area contributed by atoms with Crippen molar-refractivity contribution in [3.05, 3.63) is 87.4 Å². The summed E-state index contributed by atoms with van der Waals surface area (Å²) in [6.45, 7) is 2.59. The first-order valence-electron chi connectivity index (χ1n) is 10.3. The number of nitriles is 1. The van der Waals surface area contributed by atoms with Crippen molar-refractivity contribution in [2.24, 2.45) is 0 Å². The third-order valence-corrected chi connectivity index (χ3v) is 5.27. The van der Waals surface area contributed by atoms with Crippen molar-refractivity contribution in [3.63, 3.8) is 0 Å². The summed E-state index contributed by atoms with van der Waals surface area (Å²) < 4.78 is 16.6. The number of rotatable bonds is 9. The van der Waals surface area contributed by atoms with Crippen LogP contribution in [-0.2, 0) is 11.4 Å². The molecular weight excluding hydrogens is 475 g/mol. The molecule has 0 aliphatic rings. The van der Waals surface area contributed by atoms with E-state index in [1.807, 2.05) is 13.0 Å². The van der Waals surface area contributed by atoms with E-state index in [0.29, 0.717) is 45.2 Å². The van der Waals surface area contributed by atoms with E-state index in [2.05, 4.69) is 5.32 Å². The average molecular weight is 497 g/mol. The predicted octanol–water partition coefficient (Wildman–Crippen LogP) is 6.53. The molecule has 8 heteroatoms. The van der Waals surface area contributed by atoms with Crippen LogP contribution >= 0.6 is 23.2 Å². The molecule has 0 atom stereocenters. The van der Waals surface area contributed by atoms with Crippen LogP contribution < -0.4 is 19.5 Å². The first-order valence-corrected chi connectivity index (χ1v) is 11.1. The zero-order valence-corrected chi connectivity index (χ0v) is 20.1. The highest BCUT2D eigenvalue weighted by molar-refractivity contribution is 6.35. The predicted molar refractivity (Wildman–Crippen MR) is 134 cm³/mol. The molecule has 0 unspecified atom stereocenters. The van der Waals surface area contributed by atoms with Crippen LogP contribution in [0, 0.1) is 11.3 Å². The molecular formula is C26H22Cl2N2O4. The SMILES string of the molecule is CCOc1cc(/C=C(\C#N)C(=O)Nc2ccc(OCc3ccc(Cl)cc3Cl)cc2)ccc1OC. The maximum atomic E-state index is 12.6. The Morgan fingerprint density at radius 3 is 2.44 bits per heavy atom. The van der Waals surface area contributed by atoms with E-state index in [1.54, 1.807) is 67.8 Å². The smallest absolute Gasteiger partial charge is 0.266 e. The number of nitrogens with zero attached hydrogens (tertiary/aromatic N) is 1. The number of anilines is 1. The van der Waals surface area contributed by atoms with Gasteiger partial charge >= 0.3 is 0 Å². The van der Waals surface area contributed by atoms with Gasteiger partial charge in [0.2, 0.25) is 0 Å². The van der Waals surface area contributed by atoms with Gasteiger partial charge in [-0.1, -0.05) is 35.3 Å². The highest BCUT2D eigenvalue weighted by Crippen LogP contribution is 2.29. The van der Waals surface area contributed by atoms with Crippen molar-refractivity contribution >= 4 is 40.9 Å². The minimum absolute atomic E-state index is 0.0506. The number of nitrogens with one attached hydrogen (secondary N) is 1. The zero-order valence-electron chi connectivity index (χ0n) is 18.6. The highest BCUT2D eigenvalue weighted by atomic mass is 35.5. The van der Waals surface area contributed by atoms with Gasteiger partial charge in [-0.3, -0.25) is 4.79 Å². The molecule has 1 amide bonds. The normalized spacial score (nSPS) is 10.9. The molecule has 0 bridgehead atoms. The van der Waals surface area contributed by atoms with Crippen molar-refractivity contribution in [1.29, 1.82) is 5.26 Å². The van der Waals surface area contributed by atoms with E-state index in [1.165, 1.54) is 6.08 Å². The molecule has 6 nitrogen and oxygen atoms in total. The summed E-state index contributed by atoms with van der Waals surface area (Å²) in [5.41, 5.74) is 1.91. The molecule has 0 radical (unpaired) electrons. The van der Waals surface area contributed by atoms with Crippen LogP contribution in [0.5, 0.6) is 17.2 Å². The molecule has 0 aliphatic heterocycles. The maximum Gasteiger partial charge on any atom is 0.266 e. The molecule has 0 saturated heterocycles. The van der Waals surface area contributed by atoms with Crippen molar-refractivity contribution in [1.82, 2.24) is 0 Å². The largest absolute Gasteiger partial charge is 0.493 e. The number of methoxy groups -OCH3 is 1. The van der Waals surface area contributed by atoms with Gasteiger partial charge in [0.15, 0.2) is 11.5 Å². The molecule has 174 valence electrons. The Bertz CT molecular complexity index is 1230. The number of ether oxygens (including phenoxy) is 3. The summed E-state index contributed by atoms with van der Waals surface area (Å²) in [5, 5.41) is 13.3. The number of benzene rings is 3. The second-order valence-corrected chi connectivity index (χ2v) is 7.86. The van der Waals surface area contributed by atoms with Gasteiger partial charge in [0.05, 0.1) is 13.7 Å². The van der Waals surface area contributed by atoms with Crippen LogP contribution in [0.4, 0.5) is 5.69 Å². The average Bonchev–Trinajstić information content (AvgIpc) is 2.83. The fraction of sp³-hybridized carbons (Fsp3) is 0.154. The van der Waals surface area contributed by atoms with Gasteiger partial charge < -0.3 is 19.5 Å². The lowest BCUT2D eigenvalue weighted by atomic mass is 10.1. The number of hydrogen-bond donors (Lipinski definition) is 1. The Labute approximate surface area is 208 Å². The minimum atomic E-state index is -0.530. The third kappa shape index (κ3) is 6.67. The summed E-state index contributed by atoms with van der Waals surface area (Å²) in [5.74, 6) is 1.18. The molecule has 0 aromatic heterocycles. The second-order valence-electron chi connectivity index (χ2n) is 7.02. The van der Waals surface area contributed by atoms with Crippen LogP contribution in [0.1, 0.15) is 18.1 Å². The van der Waals surface area contributed by atoms with Gasteiger partial charge in [-0.25, -0.2) is 0 Å². The van der Waals surface area contributed by atoms with E-state index < -0.39 is 5.91 Å². The Morgan fingerprint density at radius 1 is 1.03 bits per heavy atom. The van der Waals surface area contributed by atoms with Gasteiger partial charge in [-0.2, -0.15) is 5.26 Å². The molecule has 0 fully saturated rings. The lowest BCUT2D eigenvalue weighted by Gasteiger charge is -2.10. The quantitative estimate of drug-likeness (QED) is 0.269. The Hall–Kier alpha value is -3.66. The Morgan fingerprint density at radius 2 is 1.79 bits per heavy atom. The highest BCUT2D eigenvalue weighted by Gasteiger charge is 2.12. The van der Waals surface area contributed by atoms with Gasteiger partial charge in [-0.15, -0.1) is 0 Å². The monoisotopic (exact) mass is 496 g/mol. The van der Waals surface area contributed by atoms with Crippen molar-refractivity contribution in [2.75, 3.05) is 19.0 Å². The summed E-state index contributed by atoms with van der Waals surface area (Å²) in [7, 11) is 1.55. The van der Waals surface area contributed by atoms with Crippen LogP contribution in [0.15, 0.2) is 66.2 Å². The molecule has 34 heavy (non-hydrogen) atoms. The standard InChI is InChI=1S/C26H22Cl2N2O4/c1-3-33-25-13-17(4-11-24(25)32-2)12-19(15-29)26(31)30-21-7-9-22(10-8-21)34-16-18-5-6-20(27)14-23(18)28/h4-14H,3,16H2,1-2H3,(H,30,31)/b19-12+. The van der Waals surface area contributed by atoms with Gasteiger partial charge in [0.25, 0.3) is 5.91 Å². The summed E-state index contributed by atoms with van der Waals surface area (Å²) in [4.78, 5) is 12.6. The van der Waals surface area contributed by atoms with E-state index >= 15 is 0 Å². The van der Waals surface area contributed by atoms with Crippen molar-refractivity contribution in [2.45, 2.75) is 13.5 Å². The van der Waals surface area contributed by atoms with E-state index in [9.17, 15) is 10.1 Å². The number of amides is 1. The lowest BCUT2D eigenvalue weighted by Crippen LogP contribution is -2.13. The van der Waals surface area contributed by atoms with Crippen LogP contribution in [0.25, 0.3) is 6.08 Å². The van der Waals surface area contributed by atoms with E-state index in [4.69, 9.17) is 37.4 Å². The molecule has 1 N–H and O–H groups in total. The van der Waals surface area contributed by atoms with E-state index in [0.717, 1.165) is 5.56 Å². The molecule has 0 saturated carbocycles.